The van der Waals surface area contributed by atoms with Gasteiger partial charge >= 0.3 is 5.97 Å². The van der Waals surface area contributed by atoms with Crippen LogP contribution in [0.5, 0.6) is 0 Å². The Morgan fingerprint density at radius 1 is 1.07 bits per heavy atom. The molecule has 0 amide bonds. The van der Waals surface area contributed by atoms with Gasteiger partial charge in [0.2, 0.25) is 0 Å². The number of carbonyl (C=O) groups excluding carboxylic acids is 2. The molecular formula is C24H29FO5. The molecule has 0 radical (unpaired) electrons. The second-order valence-corrected chi connectivity index (χ2v) is 8.71. The van der Waals surface area contributed by atoms with Crippen molar-refractivity contribution in [3.63, 3.8) is 0 Å². The van der Waals surface area contributed by atoms with Gasteiger partial charge in [-0.2, -0.15) is 0 Å². The zero-order valence-electron chi connectivity index (χ0n) is 18.3. The lowest BCUT2D eigenvalue weighted by atomic mass is 9.96. The minimum atomic E-state index is -2.03. The summed E-state index contributed by atoms with van der Waals surface area (Å²) in [6.45, 7) is 9.99. The molecule has 2 aliphatic rings. The first-order valence-corrected chi connectivity index (χ1v) is 10.2. The van der Waals surface area contributed by atoms with Gasteiger partial charge in [0.15, 0.2) is 17.2 Å². The number of aryl methyl sites for hydroxylation is 2. The van der Waals surface area contributed by atoms with Crippen molar-refractivity contribution in [2.24, 2.45) is 0 Å². The van der Waals surface area contributed by atoms with Crippen LogP contribution in [0.4, 0.5) is 4.39 Å². The van der Waals surface area contributed by atoms with Gasteiger partial charge in [0.25, 0.3) is 0 Å². The number of hydrogen-bond donors (Lipinski definition) is 0. The highest BCUT2D eigenvalue weighted by Crippen LogP contribution is 2.32. The fourth-order valence-electron chi connectivity index (χ4n) is 3.80. The third-order valence-electron chi connectivity index (χ3n) is 5.50. The number of alkyl halides is 1. The Bertz CT molecular complexity index is 912. The molecule has 2 aliphatic heterocycles. The fourth-order valence-corrected chi connectivity index (χ4v) is 3.80. The molecule has 4 unspecified atom stereocenters. The number of benzene rings is 1. The number of halogens is 1. The molecule has 0 bridgehead atoms. The minimum absolute atomic E-state index is 0.384. The van der Waals surface area contributed by atoms with Gasteiger partial charge in [0.1, 0.15) is 12.2 Å². The van der Waals surface area contributed by atoms with Crippen molar-refractivity contribution in [1.82, 2.24) is 0 Å². The van der Waals surface area contributed by atoms with Gasteiger partial charge in [-0.05, 0) is 71.2 Å². The summed E-state index contributed by atoms with van der Waals surface area (Å²) in [4.78, 5) is 25.6. The lowest BCUT2D eigenvalue weighted by Gasteiger charge is -2.25. The molecule has 0 aromatic heterocycles. The maximum atomic E-state index is 15.2. The van der Waals surface area contributed by atoms with Gasteiger partial charge in [0, 0.05) is 0 Å². The number of rotatable bonds is 0. The molecule has 5 nitrogen and oxygen atoms in total. The summed E-state index contributed by atoms with van der Waals surface area (Å²) < 4.78 is 32.3. The van der Waals surface area contributed by atoms with Gasteiger partial charge in [0.05, 0.1) is 11.7 Å². The SMILES string of the molecule is Cc1cc(C)c2c(c1)/C=C/CC1OC(C)(C)OC1C(=O)/C=C\C(C)(F)C(C)OC2=O. The summed E-state index contributed by atoms with van der Waals surface area (Å²) in [7, 11) is 0. The minimum Gasteiger partial charge on any atom is -0.455 e. The van der Waals surface area contributed by atoms with E-state index < -0.39 is 35.7 Å². The summed E-state index contributed by atoms with van der Waals surface area (Å²) in [6.07, 6.45) is 3.92. The van der Waals surface area contributed by atoms with Gasteiger partial charge in [-0.1, -0.05) is 29.8 Å². The van der Waals surface area contributed by atoms with Crippen LogP contribution < -0.4 is 0 Å². The molecule has 30 heavy (non-hydrogen) atoms. The Morgan fingerprint density at radius 3 is 2.47 bits per heavy atom. The van der Waals surface area contributed by atoms with Crippen molar-refractivity contribution in [1.29, 1.82) is 0 Å². The van der Waals surface area contributed by atoms with Crippen molar-refractivity contribution in [2.45, 2.75) is 77.7 Å². The van der Waals surface area contributed by atoms with E-state index in [9.17, 15) is 9.59 Å². The van der Waals surface area contributed by atoms with Gasteiger partial charge in [-0.3, -0.25) is 4.79 Å². The lowest BCUT2D eigenvalue weighted by molar-refractivity contribution is -0.152. The van der Waals surface area contributed by atoms with Crippen molar-refractivity contribution in [3.8, 4) is 0 Å². The molecule has 0 aliphatic carbocycles. The second-order valence-electron chi connectivity index (χ2n) is 8.71. The Labute approximate surface area is 176 Å². The van der Waals surface area contributed by atoms with Crippen LogP contribution in [0.2, 0.25) is 0 Å². The van der Waals surface area contributed by atoms with Crippen LogP contribution in [-0.4, -0.2) is 41.5 Å². The van der Waals surface area contributed by atoms with Crippen LogP contribution in [0.3, 0.4) is 0 Å². The van der Waals surface area contributed by atoms with E-state index in [2.05, 4.69) is 0 Å². The average molecular weight is 416 g/mol. The van der Waals surface area contributed by atoms with E-state index in [-0.39, 0.29) is 5.78 Å². The molecule has 0 spiro atoms. The van der Waals surface area contributed by atoms with E-state index in [0.29, 0.717) is 17.5 Å². The molecule has 162 valence electrons. The Morgan fingerprint density at radius 2 is 1.77 bits per heavy atom. The maximum Gasteiger partial charge on any atom is 0.339 e. The molecule has 1 saturated heterocycles. The summed E-state index contributed by atoms with van der Waals surface area (Å²) in [5.74, 6) is -1.90. The summed E-state index contributed by atoms with van der Waals surface area (Å²) in [6, 6.07) is 3.77. The number of ether oxygens (including phenoxy) is 3. The molecule has 4 atom stereocenters. The third-order valence-corrected chi connectivity index (χ3v) is 5.50. The molecule has 0 saturated carbocycles. The summed E-state index contributed by atoms with van der Waals surface area (Å²) >= 11 is 0. The number of esters is 1. The van der Waals surface area contributed by atoms with Crippen molar-refractivity contribution in [3.05, 3.63) is 52.6 Å². The Hall–Kier alpha value is -2.31. The summed E-state index contributed by atoms with van der Waals surface area (Å²) in [5.41, 5.74) is 0.792. The number of ketones is 1. The number of hydrogen-bond acceptors (Lipinski definition) is 5. The average Bonchev–Trinajstić information content (AvgIpc) is 2.93. The maximum absolute atomic E-state index is 15.2. The van der Waals surface area contributed by atoms with Crippen LogP contribution in [0.1, 0.15) is 61.2 Å². The monoisotopic (exact) mass is 416 g/mol. The highest BCUT2D eigenvalue weighted by Gasteiger charge is 2.44. The smallest absolute Gasteiger partial charge is 0.339 e. The van der Waals surface area contributed by atoms with E-state index >= 15 is 4.39 Å². The normalized spacial score (nSPS) is 33.8. The molecule has 3 rings (SSSR count). The van der Waals surface area contributed by atoms with Gasteiger partial charge in [-0.15, -0.1) is 0 Å². The predicted molar refractivity (Wildman–Crippen MR) is 112 cm³/mol. The Kier molecular flexibility index (Phi) is 6.03. The molecule has 1 aromatic rings. The van der Waals surface area contributed by atoms with Crippen LogP contribution in [0.15, 0.2) is 30.4 Å². The topological polar surface area (TPSA) is 61.8 Å². The second kappa shape index (κ2) is 8.08. The zero-order valence-corrected chi connectivity index (χ0v) is 18.3. The van der Waals surface area contributed by atoms with Crippen LogP contribution in [-0.2, 0) is 19.0 Å². The number of fused-ring (bicyclic) bond motifs is 2. The van der Waals surface area contributed by atoms with E-state index in [1.807, 2.05) is 38.1 Å². The quantitative estimate of drug-likeness (QED) is 0.577. The standard InChI is InChI=1S/C24H29FO5/c1-14-12-15(2)20-17(13-14)8-7-9-19-21(30-23(4,5)29-19)18(26)10-11-24(6,25)16(3)28-22(20)27/h7-8,10-13,16,19,21H,9H2,1-6H3/b8-7+,11-10-. The van der Waals surface area contributed by atoms with E-state index in [1.54, 1.807) is 13.8 Å². The number of cyclic esters (lactones) is 1. The van der Waals surface area contributed by atoms with Crippen LogP contribution >= 0.6 is 0 Å². The van der Waals surface area contributed by atoms with E-state index in [1.165, 1.54) is 13.8 Å². The highest BCUT2D eigenvalue weighted by molar-refractivity contribution is 5.96. The number of carbonyl (C=O) groups is 2. The molecule has 1 fully saturated rings. The highest BCUT2D eigenvalue weighted by atomic mass is 19.1. The zero-order chi connectivity index (χ0) is 22.3. The van der Waals surface area contributed by atoms with Crippen molar-refractivity contribution >= 4 is 17.8 Å². The largest absolute Gasteiger partial charge is 0.455 e. The predicted octanol–water partition coefficient (Wildman–Crippen LogP) is 4.64. The molecule has 1 aromatic carbocycles. The van der Waals surface area contributed by atoms with Crippen LogP contribution in [0.25, 0.3) is 6.08 Å². The molecular weight excluding hydrogens is 387 g/mol. The Balaban J connectivity index is 2.07. The van der Waals surface area contributed by atoms with Crippen molar-refractivity contribution < 1.29 is 28.2 Å². The van der Waals surface area contributed by atoms with Gasteiger partial charge in [-0.25, -0.2) is 9.18 Å². The lowest BCUT2D eigenvalue weighted by Crippen LogP contribution is -2.36. The third kappa shape index (κ3) is 4.71. The van der Waals surface area contributed by atoms with Crippen LogP contribution in [0, 0.1) is 13.8 Å². The van der Waals surface area contributed by atoms with E-state index in [4.69, 9.17) is 14.2 Å². The summed E-state index contributed by atoms with van der Waals surface area (Å²) in [5, 5.41) is 0. The first-order valence-electron chi connectivity index (χ1n) is 10.2. The fraction of sp³-hybridized carbons (Fsp3) is 0.500. The van der Waals surface area contributed by atoms with E-state index in [0.717, 1.165) is 23.3 Å². The first kappa shape index (κ1) is 22.4. The molecule has 0 N–H and O–H groups in total. The molecule has 2 heterocycles. The van der Waals surface area contributed by atoms with Crippen molar-refractivity contribution in [2.75, 3.05) is 0 Å². The molecule has 6 heteroatoms. The van der Waals surface area contributed by atoms with Gasteiger partial charge < -0.3 is 14.2 Å². The first-order chi connectivity index (χ1) is 13.9.